The molecule has 21 heavy (non-hydrogen) atoms. The van der Waals surface area contributed by atoms with Gasteiger partial charge in [-0.2, -0.15) is 0 Å². The molecule has 0 aromatic heterocycles. The van der Waals surface area contributed by atoms with Crippen LogP contribution in [-0.2, 0) is 0 Å². The van der Waals surface area contributed by atoms with E-state index in [1.807, 2.05) is 13.0 Å². The normalized spacial score (nSPS) is 10.0. The topological polar surface area (TPSA) is 73.6 Å². The van der Waals surface area contributed by atoms with Gasteiger partial charge in [0.25, 0.3) is 5.91 Å². The molecular formula is C16H18N2O3. The monoisotopic (exact) mass is 286 g/mol. The largest absolute Gasteiger partial charge is 0.497 e. The third-order valence-corrected chi connectivity index (χ3v) is 2.83. The number of carbonyl (C=O) groups excluding carboxylic acids is 1. The smallest absolute Gasteiger partial charge is 0.255 e. The fraction of sp³-hybridized carbons (Fsp3) is 0.188. The minimum Gasteiger partial charge on any atom is -0.497 e. The molecule has 1 amide bonds. The van der Waals surface area contributed by atoms with Gasteiger partial charge in [0.2, 0.25) is 0 Å². The molecule has 5 heteroatoms. The summed E-state index contributed by atoms with van der Waals surface area (Å²) in [6.07, 6.45) is 0. The van der Waals surface area contributed by atoms with E-state index in [0.717, 1.165) is 0 Å². The molecule has 0 aliphatic heterocycles. The Morgan fingerprint density at radius 3 is 2.71 bits per heavy atom. The van der Waals surface area contributed by atoms with Crippen LogP contribution in [0.3, 0.4) is 0 Å². The average Bonchev–Trinajstić information content (AvgIpc) is 2.47. The summed E-state index contributed by atoms with van der Waals surface area (Å²) in [7, 11) is 1.58. The number of hydrogen-bond acceptors (Lipinski definition) is 4. The first-order chi connectivity index (χ1) is 10.1. The maximum atomic E-state index is 12.3. The molecular weight excluding hydrogens is 268 g/mol. The Labute approximate surface area is 123 Å². The van der Waals surface area contributed by atoms with Gasteiger partial charge in [0, 0.05) is 29.1 Å². The first-order valence-electron chi connectivity index (χ1n) is 6.61. The van der Waals surface area contributed by atoms with Crippen LogP contribution in [-0.4, -0.2) is 19.6 Å². The molecule has 0 saturated carbocycles. The van der Waals surface area contributed by atoms with E-state index < -0.39 is 0 Å². The maximum absolute atomic E-state index is 12.3. The van der Waals surface area contributed by atoms with Crippen molar-refractivity contribution in [3.05, 3.63) is 48.0 Å². The Kier molecular flexibility index (Phi) is 4.66. The summed E-state index contributed by atoms with van der Waals surface area (Å²) >= 11 is 0. The summed E-state index contributed by atoms with van der Waals surface area (Å²) in [4.78, 5) is 12.3. The quantitative estimate of drug-likeness (QED) is 0.829. The molecule has 2 aromatic carbocycles. The van der Waals surface area contributed by atoms with E-state index in [1.165, 1.54) is 0 Å². The van der Waals surface area contributed by atoms with Gasteiger partial charge >= 0.3 is 0 Å². The molecule has 0 spiro atoms. The van der Waals surface area contributed by atoms with Gasteiger partial charge in [-0.3, -0.25) is 4.79 Å². The van der Waals surface area contributed by atoms with E-state index in [1.54, 1.807) is 43.5 Å². The number of methoxy groups -OCH3 is 1. The Bertz CT molecular complexity index is 641. The minimum absolute atomic E-state index is 0.253. The van der Waals surface area contributed by atoms with Crippen molar-refractivity contribution in [2.45, 2.75) is 6.92 Å². The van der Waals surface area contributed by atoms with Gasteiger partial charge in [-0.05, 0) is 31.2 Å². The van der Waals surface area contributed by atoms with E-state index in [4.69, 9.17) is 15.2 Å². The van der Waals surface area contributed by atoms with Crippen molar-refractivity contribution in [3.8, 4) is 11.5 Å². The van der Waals surface area contributed by atoms with Crippen LogP contribution in [0, 0.1) is 0 Å². The fourth-order valence-electron chi connectivity index (χ4n) is 1.91. The highest BCUT2D eigenvalue weighted by molar-refractivity contribution is 6.05. The van der Waals surface area contributed by atoms with Crippen LogP contribution < -0.4 is 20.5 Å². The zero-order valence-corrected chi connectivity index (χ0v) is 12.1. The van der Waals surface area contributed by atoms with Crippen molar-refractivity contribution in [1.82, 2.24) is 0 Å². The molecule has 2 aromatic rings. The number of carbonyl (C=O) groups is 1. The number of hydrogen-bond donors (Lipinski definition) is 2. The Morgan fingerprint density at radius 2 is 2.00 bits per heavy atom. The number of amides is 1. The van der Waals surface area contributed by atoms with E-state index >= 15 is 0 Å². The molecule has 0 saturated heterocycles. The SMILES string of the molecule is CCOc1cc(N)cc(C(=O)Nc2cccc(OC)c2)c1. The van der Waals surface area contributed by atoms with Crippen molar-refractivity contribution < 1.29 is 14.3 Å². The molecule has 0 bridgehead atoms. The summed E-state index contributed by atoms with van der Waals surface area (Å²) in [5, 5.41) is 2.80. The number of ether oxygens (including phenoxy) is 2. The lowest BCUT2D eigenvalue weighted by molar-refractivity contribution is 0.102. The predicted octanol–water partition coefficient (Wildman–Crippen LogP) is 2.93. The molecule has 2 rings (SSSR count). The van der Waals surface area contributed by atoms with Crippen molar-refractivity contribution in [3.63, 3.8) is 0 Å². The number of anilines is 2. The standard InChI is InChI=1S/C16H18N2O3/c1-3-21-15-8-11(7-12(17)9-15)16(19)18-13-5-4-6-14(10-13)20-2/h4-10H,3,17H2,1-2H3,(H,18,19). The summed E-state index contributed by atoms with van der Waals surface area (Å²) in [6.45, 7) is 2.39. The molecule has 0 unspecified atom stereocenters. The van der Waals surface area contributed by atoms with Crippen LogP contribution in [0.5, 0.6) is 11.5 Å². The van der Waals surface area contributed by atoms with Gasteiger partial charge in [-0.25, -0.2) is 0 Å². The maximum Gasteiger partial charge on any atom is 0.255 e. The van der Waals surface area contributed by atoms with Gasteiger partial charge in [0.05, 0.1) is 13.7 Å². The van der Waals surface area contributed by atoms with Crippen LogP contribution in [0.4, 0.5) is 11.4 Å². The summed E-state index contributed by atoms with van der Waals surface area (Å²) in [6, 6.07) is 12.1. The lowest BCUT2D eigenvalue weighted by atomic mass is 10.1. The molecule has 3 N–H and O–H groups in total. The first-order valence-corrected chi connectivity index (χ1v) is 6.61. The Morgan fingerprint density at radius 1 is 1.19 bits per heavy atom. The van der Waals surface area contributed by atoms with E-state index in [-0.39, 0.29) is 5.91 Å². The number of nitrogen functional groups attached to an aromatic ring is 1. The van der Waals surface area contributed by atoms with Crippen molar-refractivity contribution >= 4 is 17.3 Å². The van der Waals surface area contributed by atoms with Crippen molar-refractivity contribution in [1.29, 1.82) is 0 Å². The van der Waals surface area contributed by atoms with Crippen LogP contribution >= 0.6 is 0 Å². The van der Waals surface area contributed by atoms with Crippen molar-refractivity contribution in [2.24, 2.45) is 0 Å². The van der Waals surface area contributed by atoms with Gasteiger partial charge in [-0.15, -0.1) is 0 Å². The number of nitrogens with two attached hydrogens (primary N) is 1. The Balaban J connectivity index is 2.19. The molecule has 110 valence electrons. The molecule has 0 heterocycles. The summed E-state index contributed by atoms with van der Waals surface area (Å²) in [5.41, 5.74) is 7.37. The van der Waals surface area contributed by atoms with Crippen LogP contribution in [0.15, 0.2) is 42.5 Å². The van der Waals surface area contributed by atoms with E-state index in [9.17, 15) is 4.79 Å². The highest BCUT2D eigenvalue weighted by Crippen LogP contribution is 2.21. The zero-order valence-electron chi connectivity index (χ0n) is 12.1. The highest BCUT2D eigenvalue weighted by atomic mass is 16.5. The summed E-state index contributed by atoms with van der Waals surface area (Å²) < 4.78 is 10.5. The van der Waals surface area contributed by atoms with Gasteiger partial charge in [-0.1, -0.05) is 6.07 Å². The lowest BCUT2D eigenvalue weighted by Gasteiger charge is -2.10. The Hall–Kier alpha value is -2.69. The molecule has 0 fully saturated rings. The number of rotatable bonds is 5. The lowest BCUT2D eigenvalue weighted by Crippen LogP contribution is -2.12. The second-order valence-electron chi connectivity index (χ2n) is 4.41. The number of nitrogens with one attached hydrogen (secondary N) is 1. The van der Waals surface area contributed by atoms with Gasteiger partial charge in [0.15, 0.2) is 0 Å². The predicted molar refractivity (Wildman–Crippen MR) is 83.0 cm³/mol. The van der Waals surface area contributed by atoms with Crippen molar-refractivity contribution in [2.75, 3.05) is 24.8 Å². The van der Waals surface area contributed by atoms with Crippen LogP contribution in [0.1, 0.15) is 17.3 Å². The first kappa shape index (κ1) is 14.7. The second kappa shape index (κ2) is 6.65. The fourth-order valence-corrected chi connectivity index (χ4v) is 1.91. The molecule has 0 aliphatic rings. The van der Waals surface area contributed by atoms with Gasteiger partial charge in [0.1, 0.15) is 11.5 Å². The number of benzene rings is 2. The van der Waals surface area contributed by atoms with E-state index in [0.29, 0.717) is 35.0 Å². The third kappa shape index (κ3) is 3.89. The average molecular weight is 286 g/mol. The van der Waals surface area contributed by atoms with E-state index in [2.05, 4.69) is 5.32 Å². The van der Waals surface area contributed by atoms with Gasteiger partial charge < -0.3 is 20.5 Å². The third-order valence-electron chi connectivity index (χ3n) is 2.83. The molecule has 5 nitrogen and oxygen atoms in total. The minimum atomic E-state index is -0.253. The van der Waals surface area contributed by atoms with Crippen LogP contribution in [0.2, 0.25) is 0 Å². The zero-order chi connectivity index (χ0) is 15.2. The van der Waals surface area contributed by atoms with Crippen LogP contribution in [0.25, 0.3) is 0 Å². The highest BCUT2D eigenvalue weighted by Gasteiger charge is 2.09. The molecule has 0 radical (unpaired) electrons. The molecule has 0 atom stereocenters. The second-order valence-corrected chi connectivity index (χ2v) is 4.41. The molecule has 0 aliphatic carbocycles. The summed E-state index contributed by atoms with van der Waals surface area (Å²) in [5.74, 6) is 1.00.